The summed E-state index contributed by atoms with van der Waals surface area (Å²) >= 11 is 0. The monoisotopic (exact) mass is 234 g/mol. The maximum absolute atomic E-state index is 6.27. The van der Waals surface area contributed by atoms with Crippen molar-refractivity contribution in [1.29, 1.82) is 0 Å². The molecule has 0 heterocycles. The molecule has 0 amide bonds. The van der Waals surface area contributed by atoms with Crippen molar-refractivity contribution in [3.63, 3.8) is 0 Å². The van der Waals surface area contributed by atoms with E-state index in [4.69, 9.17) is 5.73 Å². The first-order valence-corrected chi connectivity index (χ1v) is 6.43. The first-order chi connectivity index (χ1) is 7.95. The highest BCUT2D eigenvalue weighted by Gasteiger charge is 2.25. The molecule has 17 heavy (non-hydrogen) atoms. The summed E-state index contributed by atoms with van der Waals surface area (Å²) in [7, 11) is 2.14. The molecule has 1 unspecified atom stereocenters. The van der Waals surface area contributed by atoms with E-state index in [0.29, 0.717) is 0 Å². The van der Waals surface area contributed by atoms with Crippen LogP contribution in [0.1, 0.15) is 32.8 Å². The number of likely N-dealkylation sites (N-methyl/N-ethyl adjacent to an activating group) is 1. The quantitative estimate of drug-likeness (QED) is 0.820. The highest BCUT2D eigenvalue weighted by Crippen LogP contribution is 2.23. The van der Waals surface area contributed by atoms with Crippen LogP contribution in [0.4, 0.5) is 0 Å². The Morgan fingerprint density at radius 2 is 1.82 bits per heavy atom. The second kappa shape index (κ2) is 6.18. The van der Waals surface area contributed by atoms with E-state index in [-0.39, 0.29) is 11.5 Å². The Morgan fingerprint density at radius 1 is 1.24 bits per heavy atom. The van der Waals surface area contributed by atoms with Gasteiger partial charge in [-0.05, 0) is 24.4 Å². The van der Waals surface area contributed by atoms with Gasteiger partial charge >= 0.3 is 0 Å². The smallest absolute Gasteiger partial charge is 0.0231 e. The minimum Gasteiger partial charge on any atom is -0.326 e. The van der Waals surface area contributed by atoms with Gasteiger partial charge in [0.05, 0.1) is 0 Å². The Kier molecular flexibility index (Phi) is 5.16. The zero-order chi connectivity index (χ0) is 12.9. The first kappa shape index (κ1) is 14.2. The fourth-order valence-electron chi connectivity index (χ4n) is 1.80. The molecule has 2 heteroatoms. The molecular formula is C15H26N2. The molecule has 0 aliphatic heterocycles. The Balaban J connectivity index is 2.47. The third-order valence-electron chi connectivity index (χ3n) is 3.72. The Labute approximate surface area is 106 Å². The van der Waals surface area contributed by atoms with Gasteiger partial charge in [-0.15, -0.1) is 0 Å². The molecule has 1 aromatic rings. The summed E-state index contributed by atoms with van der Waals surface area (Å²) < 4.78 is 0. The van der Waals surface area contributed by atoms with Crippen molar-refractivity contribution in [2.45, 2.75) is 39.8 Å². The van der Waals surface area contributed by atoms with E-state index in [9.17, 15) is 0 Å². The van der Waals surface area contributed by atoms with Crippen LogP contribution in [0.2, 0.25) is 0 Å². The second-order valence-electron chi connectivity index (χ2n) is 5.63. The molecular weight excluding hydrogens is 208 g/mol. The van der Waals surface area contributed by atoms with Gasteiger partial charge in [0.1, 0.15) is 0 Å². The van der Waals surface area contributed by atoms with Crippen molar-refractivity contribution in [2.24, 2.45) is 11.1 Å². The first-order valence-electron chi connectivity index (χ1n) is 6.43. The lowest BCUT2D eigenvalue weighted by Crippen LogP contribution is -2.45. The minimum atomic E-state index is 0.213. The molecule has 0 bridgehead atoms. The average Bonchev–Trinajstić information content (AvgIpc) is 2.30. The van der Waals surface area contributed by atoms with Crippen LogP contribution >= 0.6 is 0 Å². The van der Waals surface area contributed by atoms with Gasteiger partial charge in [0, 0.05) is 19.1 Å². The van der Waals surface area contributed by atoms with Crippen LogP contribution in [0.5, 0.6) is 0 Å². The average molecular weight is 234 g/mol. The largest absolute Gasteiger partial charge is 0.326 e. The number of nitrogens with two attached hydrogens (primary N) is 1. The number of rotatable bonds is 6. The summed E-state index contributed by atoms with van der Waals surface area (Å²) in [6.45, 7) is 8.60. The zero-order valence-corrected chi connectivity index (χ0v) is 11.6. The van der Waals surface area contributed by atoms with Crippen molar-refractivity contribution in [2.75, 3.05) is 13.6 Å². The Bertz CT molecular complexity index is 319. The van der Waals surface area contributed by atoms with Crippen LogP contribution in [-0.2, 0) is 6.54 Å². The maximum atomic E-state index is 6.27. The molecule has 0 aromatic heterocycles. The van der Waals surface area contributed by atoms with E-state index in [1.807, 2.05) is 0 Å². The van der Waals surface area contributed by atoms with Crippen molar-refractivity contribution in [1.82, 2.24) is 4.90 Å². The van der Waals surface area contributed by atoms with Gasteiger partial charge in [-0.1, -0.05) is 51.1 Å². The van der Waals surface area contributed by atoms with Crippen LogP contribution in [-0.4, -0.2) is 24.5 Å². The van der Waals surface area contributed by atoms with E-state index in [1.54, 1.807) is 0 Å². The lowest BCUT2D eigenvalue weighted by atomic mass is 9.82. The van der Waals surface area contributed by atoms with Crippen molar-refractivity contribution in [3.8, 4) is 0 Å². The lowest BCUT2D eigenvalue weighted by Gasteiger charge is -2.33. The summed E-state index contributed by atoms with van der Waals surface area (Å²) in [5.41, 5.74) is 7.83. The molecule has 0 aliphatic carbocycles. The predicted molar refractivity (Wildman–Crippen MR) is 74.8 cm³/mol. The molecule has 1 atom stereocenters. The number of hydrogen-bond donors (Lipinski definition) is 1. The van der Waals surface area contributed by atoms with Crippen LogP contribution in [0.25, 0.3) is 0 Å². The van der Waals surface area contributed by atoms with Crippen LogP contribution in [0.3, 0.4) is 0 Å². The summed E-state index contributed by atoms with van der Waals surface area (Å²) in [5, 5.41) is 0. The highest BCUT2D eigenvalue weighted by molar-refractivity contribution is 5.14. The predicted octanol–water partition coefficient (Wildman–Crippen LogP) is 2.88. The van der Waals surface area contributed by atoms with Gasteiger partial charge in [-0.25, -0.2) is 0 Å². The van der Waals surface area contributed by atoms with Gasteiger partial charge in [-0.2, -0.15) is 0 Å². The number of hydrogen-bond acceptors (Lipinski definition) is 2. The fourth-order valence-corrected chi connectivity index (χ4v) is 1.80. The van der Waals surface area contributed by atoms with Gasteiger partial charge in [0.2, 0.25) is 0 Å². The van der Waals surface area contributed by atoms with Gasteiger partial charge in [0.15, 0.2) is 0 Å². The molecule has 0 saturated heterocycles. The van der Waals surface area contributed by atoms with Crippen molar-refractivity contribution in [3.05, 3.63) is 35.9 Å². The Morgan fingerprint density at radius 3 is 2.35 bits per heavy atom. The third kappa shape index (κ3) is 4.49. The third-order valence-corrected chi connectivity index (χ3v) is 3.72. The molecule has 2 nitrogen and oxygen atoms in total. The van der Waals surface area contributed by atoms with E-state index in [2.05, 4.69) is 63.1 Å². The second-order valence-corrected chi connectivity index (χ2v) is 5.63. The maximum Gasteiger partial charge on any atom is 0.0231 e. The van der Waals surface area contributed by atoms with E-state index < -0.39 is 0 Å². The number of benzene rings is 1. The SMILES string of the molecule is CCC(C)(C)C(N)CN(C)Cc1ccccc1. The molecule has 0 radical (unpaired) electrons. The van der Waals surface area contributed by atoms with E-state index in [1.165, 1.54) is 5.56 Å². The molecule has 96 valence electrons. The molecule has 2 N–H and O–H groups in total. The molecule has 0 spiro atoms. The highest BCUT2D eigenvalue weighted by atomic mass is 15.1. The molecule has 1 aromatic carbocycles. The molecule has 1 rings (SSSR count). The van der Waals surface area contributed by atoms with Crippen LogP contribution < -0.4 is 5.73 Å². The molecule has 0 aliphatic rings. The number of nitrogens with zero attached hydrogens (tertiary/aromatic N) is 1. The standard InChI is InChI=1S/C15H26N2/c1-5-15(2,3)14(16)12-17(4)11-13-9-7-6-8-10-13/h6-10,14H,5,11-12,16H2,1-4H3. The molecule has 0 saturated carbocycles. The summed E-state index contributed by atoms with van der Waals surface area (Å²) in [6.07, 6.45) is 1.12. The van der Waals surface area contributed by atoms with Gasteiger partial charge in [-0.3, -0.25) is 0 Å². The minimum absolute atomic E-state index is 0.213. The van der Waals surface area contributed by atoms with Gasteiger partial charge < -0.3 is 10.6 Å². The van der Waals surface area contributed by atoms with Crippen LogP contribution in [0.15, 0.2) is 30.3 Å². The zero-order valence-electron chi connectivity index (χ0n) is 11.6. The van der Waals surface area contributed by atoms with Crippen molar-refractivity contribution >= 4 is 0 Å². The van der Waals surface area contributed by atoms with Crippen molar-refractivity contribution < 1.29 is 0 Å². The fraction of sp³-hybridized carbons (Fsp3) is 0.600. The topological polar surface area (TPSA) is 29.3 Å². The summed E-state index contributed by atoms with van der Waals surface area (Å²) in [4.78, 5) is 2.30. The van der Waals surface area contributed by atoms with E-state index in [0.717, 1.165) is 19.5 Å². The Hall–Kier alpha value is -0.860. The lowest BCUT2D eigenvalue weighted by molar-refractivity contribution is 0.201. The van der Waals surface area contributed by atoms with Crippen LogP contribution in [0, 0.1) is 5.41 Å². The normalized spacial score (nSPS) is 14.0. The van der Waals surface area contributed by atoms with Gasteiger partial charge in [0.25, 0.3) is 0 Å². The summed E-state index contributed by atoms with van der Waals surface area (Å²) in [5.74, 6) is 0. The summed E-state index contributed by atoms with van der Waals surface area (Å²) in [6, 6.07) is 10.8. The molecule has 0 fully saturated rings. The van der Waals surface area contributed by atoms with E-state index >= 15 is 0 Å².